The van der Waals surface area contributed by atoms with Crippen LogP contribution in [0.5, 0.6) is 0 Å². The van der Waals surface area contributed by atoms with Crippen LogP contribution in [-0.2, 0) is 9.53 Å². The number of hydrogen-bond acceptors (Lipinski definition) is 2. The monoisotopic (exact) mass is 285 g/mol. The van der Waals surface area contributed by atoms with Gasteiger partial charge in [0.15, 0.2) is 0 Å². The normalized spacial score (nSPS) is 15.7. The molecule has 0 bridgehead atoms. The molecule has 1 aliphatic heterocycles. The molecule has 0 N–H and O–H groups in total. The van der Waals surface area contributed by atoms with Crippen LogP contribution >= 0.6 is 0 Å². The van der Waals surface area contributed by atoms with Crippen LogP contribution < -0.4 is 4.90 Å². The van der Waals surface area contributed by atoms with E-state index < -0.39 is 0 Å². The maximum Gasteiger partial charge on any atom is 0.227 e. The minimum Gasteiger partial charge on any atom is -0.381 e. The van der Waals surface area contributed by atoms with Gasteiger partial charge >= 0.3 is 0 Å². The number of nitrogens with zero attached hydrogens (tertiary/aromatic N) is 1. The molecular formula is C18H23NO2. The third kappa shape index (κ3) is 4.09. The predicted molar refractivity (Wildman–Crippen MR) is 85.2 cm³/mol. The SMILES string of the molecule is C#Cc1cccc(N(C(=O)CC2CCOCC2)C(C)C)c1. The van der Waals surface area contributed by atoms with Crippen molar-refractivity contribution in [3.8, 4) is 12.3 Å². The molecule has 1 amide bonds. The molecule has 1 saturated heterocycles. The molecule has 0 saturated carbocycles. The summed E-state index contributed by atoms with van der Waals surface area (Å²) < 4.78 is 5.36. The van der Waals surface area contributed by atoms with Crippen molar-refractivity contribution in [2.24, 2.45) is 5.92 Å². The Morgan fingerprint density at radius 1 is 1.43 bits per heavy atom. The smallest absolute Gasteiger partial charge is 0.227 e. The Kier molecular flexibility index (Phi) is 5.41. The lowest BCUT2D eigenvalue weighted by Crippen LogP contribution is -2.38. The van der Waals surface area contributed by atoms with Crippen LogP contribution in [0.25, 0.3) is 0 Å². The number of hydrogen-bond donors (Lipinski definition) is 0. The summed E-state index contributed by atoms with van der Waals surface area (Å²) in [5.74, 6) is 3.23. The lowest BCUT2D eigenvalue weighted by atomic mass is 9.95. The van der Waals surface area contributed by atoms with Crippen LogP contribution in [0, 0.1) is 18.3 Å². The molecule has 0 unspecified atom stereocenters. The van der Waals surface area contributed by atoms with Crippen molar-refractivity contribution < 1.29 is 9.53 Å². The quantitative estimate of drug-likeness (QED) is 0.795. The maximum atomic E-state index is 12.7. The molecule has 2 rings (SSSR count). The van der Waals surface area contributed by atoms with Crippen LogP contribution in [0.15, 0.2) is 24.3 Å². The van der Waals surface area contributed by atoms with Gasteiger partial charge in [-0.05, 0) is 50.8 Å². The van der Waals surface area contributed by atoms with Gasteiger partial charge in [0.05, 0.1) is 0 Å². The first-order valence-electron chi connectivity index (χ1n) is 7.58. The minimum absolute atomic E-state index is 0.116. The molecule has 1 aromatic carbocycles. The lowest BCUT2D eigenvalue weighted by Gasteiger charge is -2.30. The summed E-state index contributed by atoms with van der Waals surface area (Å²) in [5.41, 5.74) is 1.69. The first kappa shape index (κ1) is 15.6. The molecule has 0 atom stereocenters. The van der Waals surface area contributed by atoms with Crippen molar-refractivity contribution in [1.29, 1.82) is 0 Å². The first-order valence-corrected chi connectivity index (χ1v) is 7.58. The summed E-state index contributed by atoms with van der Waals surface area (Å²) in [6.45, 7) is 5.60. The van der Waals surface area contributed by atoms with E-state index in [1.54, 1.807) is 0 Å². The largest absolute Gasteiger partial charge is 0.381 e. The van der Waals surface area contributed by atoms with Crippen molar-refractivity contribution in [3.05, 3.63) is 29.8 Å². The fourth-order valence-corrected chi connectivity index (χ4v) is 2.77. The van der Waals surface area contributed by atoms with Crippen LogP contribution in [0.1, 0.15) is 38.7 Å². The molecule has 0 spiro atoms. The van der Waals surface area contributed by atoms with Gasteiger partial charge in [-0.2, -0.15) is 0 Å². The fourth-order valence-electron chi connectivity index (χ4n) is 2.77. The molecule has 0 aliphatic carbocycles. The van der Waals surface area contributed by atoms with Gasteiger partial charge in [-0.3, -0.25) is 4.79 Å². The second-order valence-corrected chi connectivity index (χ2v) is 5.81. The van der Waals surface area contributed by atoms with Crippen LogP contribution in [0.3, 0.4) is 0 Å². The zero-order chi connectivity index (χ0) is 15.2. The number of carbonyl (C=O) groups excluding carboxylic acids is 1. The number of anilines is 1. The Morgan fingerprint density at radius 2 is 2.14 bits per heavy atom. The van der Waals surface area contributed by atoms with E-state index in [9.17, 15) is 4.79 Å². The highest BCUT2D eigenvalue weighted by molar-refractivity contribution is 5.94. The summed E-state index contributed by atoms with van der Waals surface area (Å²) in [5, 5.41) is 0. The van der Waals surface area contributed by atoms with Gasteiger partial charge in [0.2, 0.25) is 5.91 Å². The van der Waals surface area contributed by atoms with Gasteiger partial charge in [-0.1, -0.05) is 12.0 Å². The third-order valence-corrected chi connectivity index (χ3v) is 3.88. The van der Waals surface area contributed by atoms with E-state index in [1.807, 2.05) is 43.0 Å². The summed E-state index contributed by atoms with van der Waals surface area (Å²) in [6, 6.07) is 7.75. The van der Waals surface area contributed by atoms with Crippen molar-refractivity contribution in [3.63, 3.8) is 0 Å². The maximum absolute atomic E-state index is 12.7. The molecule has 3 nitrogen and oxygen atoms in total. The number of rotatable bonds is 4. The fraction of sp³-hybridized carbons (Fsp3) is 0.500. The van der Waals surface area contributed by atoms with Gasteiger partial charge < -0.3 is 9.64 Å². The van der Waals surface area contributed by atoms with Crippen LogP contribution in [0.4, 0.5) is 5.69 Å². The topological polar surface area (TPSA) is 29.5 Å². The summed E-state index contributed by atoms with van der Waals surface area (Å²) in [4.78, 5) is 14.5. The highest BCUT2D eigenvalue weighted by Crippen LogP contribution is 2.24. The standard InChI is InChI=1S/C18H23NO2/c1-4-15-6-5-7-17(12-15)19(14(2)3)18(20)13-16-8-10-21-11-9-16/h1,5-7,12,14,16H,8-11,13H2,2-3H3. The second-order valence-electron chi connectivity index (χ2n) is 5.81. The molecule has 112 valence electrons. The van der Waals surface area contributed by atoms with Gasteiger partial charge in [-0.25, -0.2) is 0 Å². The molecular weight excluding hydrogens is 262 g/mol. The van der Waals surface area contributed by atoms with Crippen LogP contribution in [0.2, 0.25) is 0 Å². The Balaban J connectivity index is 2.13. The lowest BCUT2D eigenvalue weighted by molar-refractivity contribution is -0.120. The summed E-state index contributed by atoms with van der Waals surface area (Å²) >= 11 is 0. The second kappa shape index (κ2) is 7.28. The highest BCUT2D eigenvalue weighted by atomic mass is 16.5. The van der Waals surface area contributed by atoms with E-state index in [0.29, 0.717) is 12.3 Å². The third-order valence-electron chi connectivity index (χ3n) is 3.88. The zero-order valence-electron chi connectivity index (χ0n) is 12.8. The summed E-state index contributed by atoms with van der Waals surface area (Å²) in [6.07, 6.45) is 7.99. The van der Waals surface area contributed by atoms with E-state index in [2.05, 4.69) is 5.92 Å². The zero-order valence-corrected chi connectivity index (χ0v) is 12.8. The Hall–Kier alpha value is -1.79. The van der Waals surface area contributed by atoms with E-state index in [-0.39, 0.29) is 11.9 Å². The number of ether oxygens (including phenoxy) is 1. The van der Waals surface area contributed by atoms with Gasteiger partial charge in [-0.15, -0.1) is 6.42 Å². The molecule has 1 aromatic rings. The van der Waals surface area contributed by atoms with E-state index in [1.165, 1.54) is 0 Å². The molecule has 0 aromatic heterocycles. The first-order chi connectivity index (χ1) is 10.1. The van der Waals surface area contributed by atoms with Crippen molar-refractivity contribution in [2.75, 3.05) is 18.1 Å². The number of amides is 1. The number of carbonyl (C=O) groups is 1. The van der Waals surface area contributed by atoms with E-state index in [4.69, 9.17) is 11.2 Å². The van der Waals surface area contributed by atoms with Crippen molar-refractivity contribution in [2.45, 2.75) is 39.2 Å². The predicted octanol–water partition coefficient (Wildman–Crippen LogP) is 3.23. The van der Waals surface area contributed by atoms with Gasteiger partial charge in [0, 0.05) is 36.9 Å². The van der Waals surface area contributed by atoms with E-state index in [0.717, 1.165) is 37.3 Å². The number of terminal acetylenes is 1. The molecule has 3 heteroatoms. The molecule has 1 aliphatic rings. The average molecular weight is 285 g/mol. The number of benzene rings is 1. The highest BCUT2D eigenvalue weighted by Gasteiger charge is 2.24. The Bertz CT molecular complexity index is 524. The summed E-state index contributed by atoms with van der Waals surface area (Å²) in [7, 11) is 0. The molecule has 0 radical (unpaired) electrons. The van der Waals surface area contributed by atoms with Gasteiger partial charge in [0.25, 0.3) is 0 Å². The Morgan fingerprint density at radius 3 is 2.76 bits per heavy atom. The Labute approximate surface area is 127 Å². The van der Waals surface area contributed by atoms with Gasteiger partial charge in [0.1, 0.15) is 0 Å². The van der Waals surface area contributed by atoms with E-state index >= 15 is 0 Å². The van der Waals surface area contributed by atoms with Crippen molar-refractivity contribution in [1.82, 2.24) is 0 Å². The average Bonchev–Trinajstić information content (AvgIpc) is 2.48. The molecule has 1 fully saturated rings. The van der Waals surface area contributed by atoms with Crippen molar-refractivity contribution >= 4 is 11.6 Å². The molecule has 21 heavy (non-hydrogen) atoms. The van der Waals surface area contributed by atoms with Crippen LogP contribution in [-0.4, -0.2) is 25.2 Å². The molecule has 1 heterocycles. The minimum atomic E-state index is 0.116.